The molecule has 0 radical (unpaired) electrons. The van der Waals surface area contributed by atoms with Crippen LogP contribution in [0, 0.1) is 21.4 Å². The average Bonchev–Trinajstić information content (AvgIpc) is 2.81. The molecule has 1 fully saturated rings. The van der Waals surface area contributed by atoms with Gasteiger partial charge in [-0.2, -0.15) is 0 Å². The minimum Gasteiger partial charge on any atom is -0.502 e. The molecule has 0 aliphatic heterocycles. The molecule has 1 aliphatic rings. The van der Waals surface area contributed by atoms with E-state index in [2.05, 4.69) is 13.8 Å². The van der Waals surface area contributed by atoms with Crippen molar-refractivity contribution in [2.45, 2.75) is 19.8 Å². The summed E-state index contributed by atoms with van der Waals surface area (Å²) in [5, 5.41) is 20.1. The molecule has 1 aromatic rings. The van der Waals surface area contributed by atoms with Gasteiger partial charge in [-0.15, -0.1) is 0 Å². The lowest BCUT2D eigenvalue weighted by molar-refractivity contribution is -0.385. The molecule has 0 unspecified atom stereocenters. The molecule has 0 heterocycles. The van der Waals surface area contributed by atoms with Crippen molar-refractivity contribution in [2.24, 2.45) is 17.1 Å². The molecule has 0 bridgehead atoms. The van der Waals surface area contributed by atoms with E-state index < -0.39 is 4.92 Å². The van der Waals surface area contributed by atoms with E-state index in [4.69, 9.17) is 5.73 Å². The Morgan fingerprint density at radius 2 is 2.18 bits per heavy atom. The molecule has 5 nitrogen and oxygen atoms in total. The predicted molar refractivity (Wildman–Crippen MR) is 63.8 cm³/mol. The van der Waals surface area contributed by atoms with E-state index >= 15 is 0 Å². The first kappa shape index (κ1) is 11.9. The Morgan fingerprint density at radius 3 is 2.65 bits per heavy atom. The molecule has 1 aromatic carbocycles. The second-order valence-corrected chi connectivity index (χ2v) is 5.15. The molecular weight excluding hydrogens is 220 g/mol. The van der Waals surface area contributed by atoms with Gasteiger partial charge in [0.2, 0.25) is 0 Å². The van der Waals surface area contributed by atoms with Crippen molar-refractivity contribution in [3.05, 3.63) is 33.9 Å². The van der Waals surface area contributed by atoms with Crippen molar-refractivity contribution >= 4 is 5.69 Å². The van der Waals surface area contributed by atoms with Crippen LogP contribution in [0.4, 0.5) is 5.69 Å². The van der Waals surface area contributed by atoms with Gasteiger partial charge in [0.1, 0.15) is 0 Å². The van der Waals surface area contributed by atoms with Crippen molar-refractivity contribution in [1.82, 2.24) is 0 Å². The smallest absolute Gasteiger partial charge is 0.310 e. The van der Waals surface area contributed by atoms with E-state index in [1.54, 1.807) is 6.07 Å². The number of nitro groups is 1. The SMILES string of the molecule is CC1(C)[C@H](CN)[C@H]1c1ccc(O)c([N+](=O)[O-])c1. The summed E-state index contributed by atoms with van der Waals surface area (Å²) in [6.45, 7) is 4.79. The molecular formula is C12H16N2O3. The number of phenols is 1. The zero-order valence-corrected chi connectivity index (χ0v) is 9.88. The minimum atomic E-state index is -0.564. The van der Waals surface area contributed by atoms with Crippen molar-refractivity contribution in [3.63, 3.8) is 0 Å². The second-order valence-electron chi connectivity index (χ2n) is 5.15. The molecule has 5 heteroatoms. The fourth-order valence-electron chi connectivity index (χ4n) is 2.73. The van der Waals surface area contributed by atoms with Gasteiger partial charge in [-0.3, -0.25) is 10.1 Å². The lowest BCUT2D eigenvalue weighted by Crippen LogP contribution is -2.05. The van der Waals surface area contributed by atoms with Crippen LogP contribution in [0.25, 0.3) is 0 Å². The van der Waals surface area contributed by atoms with E-state index in [9.17, 15) is 15.2 Å². The van der Waals surface area contributed by atoms with Gasteiger partial charge in [-0.05, 0) is 35.4 Å². The maximum Gasteiger partial charge on any atom is 0.310 e. The Kier molecular flexibility index (Phi) is 2.58. The highest BCUT2D eigenvalue weighted by atomic mass is 16.6. The fraction of sp³-hybridized carbons (Fsp3) is 0.500. The van der Waals surface area contributed by atoms with E-state index in [1.807, 2.05) is 0 Å². The van der Waals surface area contributed by atoms with Crippen LogP contribution in [0.2, 0.25) is 0 Å². The van der Waals surface area contributed by atoms with Gasteiger partial charge in [0.15, 0.2) is 5.75 Å². The van der Waals surface area contributed by atoms with Crippen LogP contribution < -0.4 is 5.73 Å². The molecule has 0 saturated heterocycles. The molecule has 2 rings (SSSR count). The van der Waals surface area contributed by atoms with Crippen LogP contribution in [0.3, 0.4) is 0 Å². The van der Waals surface area contributed by atoms with Crippen molar-refractivity contribution < 1.29 is 10.0 Å². The Bertz CT molecular complexity index is 471. The van der Waals surface area contributed by atoms with Gasteiger partial charge < -0.3 is 10.8 Å². The number of hydrogen-bond acceptors (Lipinski definition) is 4. The number of benzene rings is 1. The summed E-state index contributed by atoms with van der Waals surface area (Å²) in [6, 6.07) is 4.58. The summed E-state index contributed by atoms with van der Waals surface area (Å²) in [7, 11) is 0. The predicted octanol–water partition coefficient (Wildman–Crippen LogP) is 2.00. The molecule has 2 atom stereocenters. The molecule has 0 aromatic heterocycles. The zero-order chi connectivity index (χ0) is 12.8. The number of hydrogen-bond donors (Lipinski definition) is 2. The van der Waals surface area contributed by atoms with Gasteiger partial charge in [0.05, 0.1) is 4.92 Å². The van der Waals surface area contributed by atoms with Crippen LogP contribution in [-0.2, 0) is 0 Å². The van der Waals surface area contributed by atoms with Gasteiger partial charge in [0.25, 0.3) is 0 Å². The highest BCUT2D eigenvalue weighted by molar-refractivity contribution is 5.50. The number of aromatic hydroxyl groups is 1. The lowest BCUT2D eigenvalue weighted by Gasteiger charge is -2.04. The van der Waals surface area contributed by atoms with E-state index in [-0.39, 0.29) is 22.8 Å². The third-order valence-electron chi connectivity index (χ3n) is 3.86. The number of phenolic OH excluding ortho intramolecular Hbond substituents is 1. The minimum absolute atomic E-state index is 0.0829. The largest absolute Gasteiger partial charge is 0.502 e. The van der Waals surface area contributed by atoms with E-state index in [0.29, 0.717) is 12.5 Å². The maximum atomic E-state index is 10.8. The second kappa shape index (κ2) is 3.70. The van der Waals surface area contributed by atoms with Gasteiger partial charge in [0, 0.05) is 6.07 Å². The molecule has 0 amide bonds. The highest BCUT2D eigenvalue weighted by Crippen LogP contribution is 2.64. The van der Waals surface area contributed by atoms with Gasteiger partial charge in [-0.25, -0.2) is 0 Å². The van der Waals surface area contributed by atoms with Crippen LogP contribution in [-0.4, -0.2) is 16.6 Å². The third kappa shape index (κ3) is 1.76. The van der Waals surface area contributed by atoms with Gasteiger partial charge in [-0.1, -0.05) is 19.9 Å². The Labute approximate surface area is 99.4 Å². The number of nitrogens with zero attached hydrogens (tertiary/aromatic N) is 1. The fourth-order valence-corrected chi connectivity index (χ4v) is 2.73. The number of nitrogens with two attached hydrogens (primary N) is 1. The first-order valence-electron chi connectivity index (χ1n) is 5.57. The first-order chi connectivity index (χ1) is 7.89. The summed E-state index contributed by atoms with van der Waals surface area (Å²) in [6.07, 6.45) is 0. The summed E-state index contributed by atoms with van der Waals surface area (Å²) >= 11 is 0. The highest BCUT2D eigenvalue weighted by Gasteiger charge is 2.57. The quantitative estimate of drug-likeness (QED) is 0.620. The average molecular weight is 236 g/mol. The molecule has 3 N–H and O–H groups in total. The van der Waals surface area contributed by atoms with E-state index in [0.717, 1.165) is 5.56 Å². The monoisotopic (exact) mass is 236 g/mol. The first-order valence-corrected chi connectivity index (χ1v) is 5.57. The molecule has 0 spiro atoms. The van der Waals surface area contributed by atoms with Crippen LogP contribution in [0.5, 0.6) is 5.75 Å². The van der Waals surface area contributed by atoms with Crippen molar-refractivity contribution in [1.29, 1.82) is 0 Å². The van der Waals surface area contributed by atoms with Crippen LogP contribution in [0.1, 0.15) is 25.3 Å². The van der Waals surface area contributed by atoms with Crippen molar-refractivity contribution in [3.8, 4) is 5.75 Å². The van der Waals surface area contributed by atoms with Crippen LogP contribution in [0.15, 0.2) is 18.2 Å². The molecule has 1 saturated carbocycles. The Hall–Kier alpha value is -1.62. The zero-order valence-electron chi connectivity index (χ0n) is 9.88. The van der Waals surface area contributed by atoms with Gasteiger partial charge >= 0.3 is 5.69 Å². The Balaban J connectivity index is 2.36. The Morgan fingerprint density at radius 1 is 1.53 bits per heavy atom. The summed E-state index contributed by atoms with van der Waals surface area (Å²) in [5.41, 5.74) is 6.41. The third-order valence-corrected chi connectivity index (χ3v) is 3.86. The number of rotatable bonds is 3. The summed E-state index contributed by atoms with van der Waals surface area (Å²) in [5.74, 6) is 0.306. The molecule has 1 aliphatic carbocycles. The standard InChI is InChI=1S/C12H16N2O3/c1-12(2)8(6-13)11(12)7-3-4-10(15)9(5-7)14(16)17/h3-5,8,11,15H,6,13H2,1-2H3/t8-,11-/m1/s1. The maximum absolute atomic E-state index is 10.8. The van der Waals surface area contributed by atoms with E-state index in [1.165, 1.54) is 12.1 Å². The lowest BCUT2D eigenvalue weighted by atomic mass is 10.0. The number of nitro benzene ring substituents is 1. The topological polar surface area (TPSA) is 89.4 Å². The van der Waals surface area contributed by atoms with Crippen molar-refractivity contribution in [2.75, 3.05) is 6.54 Å². The molecule has 92 valence electrons. The summed E-state index contributed by atoms with van der Waals surface area (Å²) < 4.78 is 0. The summed E-state index contributed by atoms with van der Waals surface area (Å²) in [4.78, 5) is 10.2. The van der Waals surface area contributed by atoms with Crippen LogP contribution >= 0.6 is 0 Å². The molecule has 17 heavy (non-hydrogen) atoms. The normalized spacial score (nSPS) is 25.6.